The van der Waals surface area contributed by atoms with Crippen LogP contribution < -0.4 is 4.74 Å². The molecule has 0 saturated carbocycles. The Kier molecular flexibility index (Phi) is 7.76. The van der Waals surface area contributed by atoms with E-state index in [0.717, 1.165) is 35.6 Å². The van der Waals surface area contributed by atoms with E-state index in [9.17, 15) is 5.11 Å². The Hall–Kier alpha value is -3.15. The Bertz CT molecular complexity index is 1070. The van der Waals surface area contributed by atoms with Gasteiger partial charge in [-0.05, 0) is 36.6 Å². The molecule has 172 valence electrons. The van der Waals surface area contributed by atoms with Crippen LogP contribution >= 0.6 is 0 Å². The van der Waals surface area contributed by atoms with Crippen LogP contribution in [0.3, 0.4) is 0 Å². The third-order valence-electron chi connectivity index (χ3n) is 5.89. The number of hydrogen-bond donors (Lipinski definition) is 1. The average Bonchev–Trinajstić information content (AvgIpc) is 3.27. The van der Waals surface area contributed by atoms with Gasteiger partial charge in [-0.15, -0.1) is 0 Å². The Morgan fingerprint density at radius 1 is 0.970 bits per heavy atom. The highest BCUT2D eigenvalue weighted by Gasteiger charge is 2.26. The molecule has 2 atom stereocenters. The van der Waals surface area contributed by atoms with Gasteiger partial charge in [-0.2, -0.15) is 0 Å². The summed E-state index contributed by atoms with van der Waals surface area (Å²) >= 11 is 0. The van der Waals surface area contributed by atoms with Crippen molar-refractivity contribution in [2.75, 3.05) is 19.7 Å². The van der Waals surface area contributed by atoms with Gasteiger partial charge in [0.05, 0.1) is 5.71 Å². The molecule has 4 rings (SSSR count). The Labute approximate surface area is 196 Å². The van der Waals surface area contributed by atoms with Crippen LogP contribution in [0.5, 0.6) is 5.75 Å². The van der Waals surface area contributed by atoms with Crippen molar-refractivity contribution < 1.29 is 14.7 Å². The maximum Gasteiger partial charge on any atom is 0.145 e. The van der Waals surface area contributed by atoms with Crippen molar-refractivity contribution in [3.63, 3.8) is 0 Å². The summed E-state index contributed by atoms with van der Waals surface area (Å²) in [7, 11) is 0. The second-order valence-corrected chi connectivity index (χ2v) is 8.69. The van der Waals surface area contributed by atoms with Crippen molar-refractivity contribution in [1.82, 2.24) is 4.90 Å². The van der Waals surface area contributed by atoms with E-state index < -0.39 is 6.10 Å². The first-order chi connectivity index (χ1) is 16.1. The molecule has 0 aliphatic carbocycles. The normalized spacial score (nSPS) is 16.4. The van der Waals surface area contributed by atoms with Crippen LogP contribution in [-0.4, -0.2) is 47.6 Å². The minimum absolute atomic E-state index is 0.0483. The number of oxime groups is 1. The highest BCUT2D eigenvalue weighted by molar-refractivity contribution is 6.02. The molecule has 3 aromatic rings. The number of rotatable bonds is 10. The van der Waals surface area contributed by atoms with Gasteiger partial charge in [0, 0.05) is 31.6 Å². The lowest BCUT2D eigenvalue weighted by molar-refractivity contribution is 0.0212. The maximum absolute atomic E-state index is 10.8. The monoisotopic (exact) mass is 444 g/mol. The predicted molar refractivity (Wildman–Crippen MR) is 132 cm³/mol. The van der Waals surface area contributed by atoms with E-state index in [1.165, 1.54) is 11.1 Å². The Balaban J connectivity index is 1.37. The van der Waals surface area contributed by atoms with E-state index in [-0.39, 0.29) is 12.7 Å². The predicted octanol–water partition coefficient (Wildman–Crippen LogP) is 4.74. The quantitative estimate of drug-likeness (QED) is 0.491. The van der Waals surface area contributed by atoms with Crippen LogP contribution in [0.2, 0.25) is 0 Å². The minimum Gasteiger partial charge on any atom is -0.491 e. The van der Waals surface area contributed by atoms with E-state index >= 15 is 0 Å². The van der Waals surface area contributed by atoms with E-state index in [4.69, 9.17) is 9.57 Å². The molecular formula is C28H32N2O3. The molecule has 0 saturated heterocycles. The van der Waals surface area contributed by atoms with Gasteiger partial charge in [0.1, 0.15) is 24.6 Å². The van der Waals surface area contributed by atoms with Gasteiger partial charge in [0.25, 0.3) is 0 Å². The molecule has 1 aliphatic rings. The molecule has 0 bridgehead atoms. The first-order valence-electron chi connectivity index (χ1n) is 11.5. The lowest BCUT2D eigenvalue weighted by Gasteiger charge is -2.27. The van der Waals surface area contributed by atoms with Crippen molar-refractivity contribution in [2.24, 2.45) is 5.16 Å². The number of para-hydroxylation sites is 1. The van der Waals surface area contributed by atoms with Gasteiger partial charge in [0.2, 0.25) is 0 Å². The van der Waals surface area contributed by atoms with Crippen LogP contribution in [0.25, 0.3) is 0 Å². The summed E-state index contributed by atoms with van der Waals surface area (Å²) in [5, 5.41) is 15.1. The molecule has 0 amide bonds. The first-order valence-corrected chi connectivity index (χ1v) is 11.5. The second-order valence-electron chi connectivity index (χ2n) is 8.69. The van der Waals surface area contributed by atoms with Crippen LogP contribution in [-0.2, 0) is 11.4 Å². The average molecular weight is 445 g/mol. The highest BCUT2D eigenvalue weighted by atomic mass is 16.6. The lowest BCUT2D eigenvalue weighted by atomic mass is 10.00. The summed E-state index contributed by atoms with van der Waals surface area (Å²) in [6.45, 7) is 6.23. The second kappa shape index (κ2) is 11.1. The Morgan fingerprint density at radius 3 is 2.42 bits per heavy atom. The van der Waals surface area contributed by atoms with E-state index in [1.54, 1.807) is 0 Å². The summed E-state index contributed by atoms with van der Waals surface area (Å²) in [6, 6.07) is 26.4. The fourth-order valence-electron chi connectivity index (χ4n) is 4.17. The van der Waals surface area contributed by atoms with Crippen molar-refractivity contribution in [1.29, 1.82) is 0 Å². The molecule has 5 heteroatoms. The van der Waals surface area contributed by atoms with Crippen molar-refractivity contribution in [2.45, 2.75) is 39.0 Å². The lowest BCUT2D eigenvalue weighted by Crippen LogP contribution is -2.39. The molecular weight excluding hydrogens is 412 g/mol. The van der Waals surface area contributed by atoms with Gasteiger partial charge >= 0.3 is 0 Å². The zero-order chi connectivity index (χ0) is 23.0. The highest BCUT2D eigenvalue weighted by Crippen LogP contribution is 2.21. The molecule has 1 aliphatic heterocycles. The molecule has 0 spiro atoms. The third kappa shape index (κ3) is 6.44. The number of nitrogens with zero attached hydrogens (tertiary/aromatic N) is 2. The van der Waals surface area contributed by atoms with Crippen LogP contribution in [0, 0.1) is 13.8 Å². The molecule has 0 fully saturated rings. The number of hydrogen-bond acceptors (Lipinski definition) is 5. The summed E-state index contributed by atoms with van der Waals surface area (Å²) in [5.74, 6) is 0.807. The SMILES string of the molecule is Cc1ccccc1OC[C@H](O)CN(Cc1ccccc1)C[C@@H]1CC(c2ccccc2C)=NO1. The number of aliphatic hydroxyl groups excluding tert-OH is 1. The van der Waals surface area contributed by atoms with Crippen LogP contribution in [0.15, 0.2) is 84.0 Å². The summed E-state index contributed by atoms with van der Waals surface area (Å²) in [6.07, 6.45) is 0.0886. The number of aliphatic hydroxyl groups is 1. The third-order valence-corrected chi connectivity index (χ3v) is 5.89. The molecule has 0 unspecified atom stereocenters. The molecule has 1 heterocycles. The largest absolute Gasteiger partial charge is 0.491 e. The van der Waals surface area contributed by atoms with Crippen molar-refractivity contribution in [3.8, 4) is 5.75 Å². The summed E-state index contributed by atoms with van der Waals surface area (Å²) < 4.78 is 5.88. The van der Waals surface area contributed by atoms with Gasteiger partial charge in [-0.3, -0.25) is 4.90 Å². The Morgan fingerprint density at radius 2 is 1.67 bits per heavy atom. The van der Waals surface area contributed by atoms with Crippen molar-refractivity contribution >= 4 is 5.71 Å². The molecule has 0 aromatic heterocycles. The molecule has 5 nitrogen and oxygen atoms in total. The van der Waals surface area contributed by atoms with Crippen LogP contribution in [0.1, 0.15) is 28.7 Å². The molecule has 33 heavy (non-hydrogen) atoms. The molecule has 0 radical (unpaired) electrons. The van der Waals surface area contributed by atoms with Gasteiger partial charge in [-0.1, -0.05) is 78.0 Å². The molecule has 3 aromatic carbocycles. The molecule has 1 N–H and O–H groups in total. The topological polar surface area (TPSA) is 54.3 Å². The summed E-state index contributed by atoms with van der Waals surface area (Å²) in [5.41, 5.74) is 5.58. The smallest absolute Gasteiger partial charge is 0.145 e. The van der Waals surface area contributed by atoms with Gasteiger partial charge in [-0.25, -0.2) is 0 Å². The fraction of sp³-hybridized carbons (Fsp3) is 0.321. The van der Waals surface area contributed by atoms with E-state index in [0.29, 0.717) is 13.1 Å². The van der Waals surface area contributed by atoms with Crippen LogP contribution in [0.4, 0.5) is 0 Å². The summed E-state index contributed by atoms with van der Waals surface area (Å²) in [4.78, 5) is 8.03. The van der Waals surface area contributed by atoms with E-state index in [1.807, 2.05) is 61.5 Å². The number of ether oxygens (including phenoxy) is 1. The standard InChI is InChI=1S/C28H32N2O3/c1-21-10-6-8-14-26(21)27-16-25(33-29-27)19-30(17-23-12-4-3-5-13-23)18-24(31)20-32-28-15-9-7-11-22(28)2/h3-15,24-25,31H,16-20H2,1-2H3/t24-,25+/m1/s1. The van der Waals surface area contributed by atoms with Gasteiger partial charge in [0.15, 0.2) is 0 Å². The number of benzene rings is 3. The maximum atomic E-state index is 10.8. The fourth-order valence-corrected chi connectivity index (χ4v) is 4.17. The zero-order valence-electron chi connectivity index (χ0n) is 19.4. The zero-order valence-corrected chi connectivity index (χ0v) is 19.4. The first kappa shape index (κ1) is 23.0. The van der Waals surface area contributed by atoms with Gasteiger partial charge < -0.3 is 14.7 Å². The van der Waals surface area contributed by atoms with E-state index in [2.05, 4.69) is 41.2 Å². The minimum atomic E-state index is -0.619. The van der Waals surface area contributed by atoms with Crippen molar-refractivity contribution in [3.05, 3.63) is 101 Å². The number of aryl methyl sites for hydroxylation is 2.